The van der Waals surface area contributed by atoms with Crippen LogP contribution in [0.1, 0.15) is 37.4 Å². The first-order chi connectivity index (χ1) is 7.58. The predicted molar refractivity (Wildman–Crippen MR) is 65.6 cm³/mol. The van der Waals surface area contributed by atoms with E-state index in [2.05, 4.69) is 5.32 Å². The quantitative estimate of drug-likeness (QED) is 0.716. The first kappa shape index (κ1) is 13.0. The summed E-state index contributed by atoms with van der Waals surface area (Å²) in [5.74, 6) is 0.304. The Morgan fingerprint density at radius 1 is 1.38 bits per heavy atom. The van der Waals surface area contributed by atoms with E-state index >= 15 is 0 Å². The number of aliphatic hydroxyl groups is 1. The Morgan fingerprint density at radius 3 is 2.62 bits per heavy atom. The average Bonchev–Trinajstić information content (AvgIpc) is 2.28. The second-order valence-electron chi connectivity index (χ2n) is 4.24. The zero-order chi connectivity index (χ0) is 12.1. The van der Waals surface area contributed by atoms with Gasteiger partial charge in [-0.05, 0) is 26.3 Å². The van der Waals surface area contributed by atoms with Crippen LogP contribution in [0, 0.1) is 6.92 Å². The fourth-order valence-electron chi connectivity index (χ4n) is 1.76. The van der Waals surface area contributed by atoms with Crippen LogP contribution in [0.5, 0.6) is 5.75 Å². The van der Waals surface area contributed by atoms with Crippen molar-refractivity contribution in [3.8, 4) is 5.75 Å². The Kier molecular flexibility index (Phi) is 4.77. The summed E-state index contributed by atoms with van der Waals surface area (Å²) < 4.78 is 0. The summed E-state index contributed by atoms with van der Waals surface area (Å²) in [5, 5.41) is 22.2. The molecule has 1 rings (SSSR count). The zero-order valence-electron chi connectivity index (χ0n) is 10.2. The van der Waals surface area contributed by atoms with Crippen molar-refractivity contribution in [1.82, 2.24) is 5.32 Å². The molecule has 0 saturated heterocycles. The van der Waals surface area contributed by atoms with E-state index in [1.807, 2.05) is 32.9 Å². The second-order valence-corrected chi connectivity index (χ2v) is 4.24. The van der Waals surface area contributed by atoms with Gasteiger partial charge in [0.25, 0.3) is 0 Å². The van der Waals surface area contributed by atoms with E-state index < -0.39 is 0 Å². The van der Waals surface area contributed by atoms with Crippen LogP contribution in [0.2, 0.25) is 0 Å². The molecular formula is C13H21NO2. The maximum absolute atomic E-state index is 9.76. The van der Waals surface area contributed by atoms with Gasteiger partial charge in [-0.3, -0.25) is 0 Å². The molecule has 0 bridgehead atoms. The lowest BCUT2D eigenvalue weighted by Gasteiger charge is -2.21. The number of phenolic OH excluding ortho intramolecular Hbond substituents is 1. The SMILES string of the molecule is CC[C@@H](CO)NC(C)c1cc(C)ccc1O. The molecule has 3 nitrogen and oxygen atoms in total. The molecule has 90 valence electrons. The van der Waals surface area contributed by atoms with Crippen LogP contribution in [-0.2, 0) is 0 Å². The number of benzene rings is 1. The van der Waals surface area contributed by atoms with Crippen LogP contribution in [0.25, 0.3) is 0 Å². The molecule has 1 unspecified atom stereocenters. The minimum absolute atomic E-state index is 0.0389. The fourth-order valence-corrected chi connectivity index (χ4v) is 1.76. The van der Waals surface area contributed by atoms with Crippen molar-refractivity contribution in [3.63, 3.8) is 0 Å². The molecule has 0 radical (unpaired) electrons. The normalized spacial score (nSPS) is 14.8. The average molecular weight is 223 g/mol. The van der Waals surface area contributed by atoms with Gasteiger partial charge in [-0.15, -0.1) is 0 Å². The van der Waals surface area contributed by atoms with E-state index in [9.17, 15) is 5.11 Å². The molecular weight excluding hydrogens is 202 g/mol. The number of nitrogens with one attached hydrogen (secondary N) is 1. The molecule has 0 heterocycles. The van der Waals surface area contributed by atoms with Gasteiger partial charge in [0.1, 0.15) is 5.75 Å². The van der Waals surface area contributed by atoms with Gasteiger partial charge >= 0.3 is 0 Å². The van der Waals surface area contributed by atoms with Gasteiger partial charge in [-0.25, -0.2) is 0 Å². The lowest BCUT2D eigenvalue weighted by Crippen LogP contribution is -2.33. The number of aliphatic hydroxyl groups excluding tert-OH is 1. The minimum atomic E-state index is 0.0389. The highest BCUT2D eigenvalue weighted by Gasteiger charge is 2.14. The van der Waals surface area contributed by atoms with E-state index in [1.165, 1.54) is 0 Å². The molecule has 3 heteroatoms. The molecule has 2 atom stereocenters. The van der Waals surface area contributed by atoms with Crippen LogP contribution in [0.4, 0.5) is 0 Å². The zero-order valence-corrected chi connectivity index (χ0v) is 10.2. The molecule has 16 heavy (non-hydrogen) atoms. The standard InChI is InChI=1S/C13H21NO2/c1-4-11(8-15)14-10(3)12-7-9(2)5-6-13(12)16/h5-7,10-11,14-16H,4,8H2,1-3H3/t10?,11-/m0/s1. The van der Waals surface area contributed by atoms with Gasteiger partial charge in [-0.1, -0.05) is 24.6 Å². The fraction of sp³-hybridized carbons (Fsp3) is 0.538. The third-order valence-corrected chi connectivity index (χ3v) is 2.85. The van der Waals surface area contributed by atoms with Crippen LogP contribution < -0.4 is 5.32 Å². The van der Waals surface area contributed by atoms with Crippen molar-refractivity contribution in [3.05, 3.63) is 29.3 Å². The second kappa shape index (κ2) is 5.87. The number of rotatable bonds is 5. The number of hydrogen-bond acceptors (Lipinski definition) is 3. The molecule has 0 aromatic heterocycles. The summed E-state index contributed by atoms with van der Waals surface area (Å²) in [7, 11) is 0. The molecule has 0 amide bonds. The van der Waals surface area contributed by atoms with Crippen molar-refractivity contribution in [1.29, 1.82) is 0 Å². The Morgan fingerprint density at radius 2 is 2.06 bits per heavy atom. The van der Waals surface area contributed by atoms with Crippen LogP contribution in [0.15, 0.2) is 18.2 Å². The van der Waals surface area contributed by atoms with Gasteiger partial charge in [0.2, 0.25) is 0 Å². The first-order valence-electron chi connectivity index (χ1n) is 5.74. The molecule has 3 N–H and O–H groups in total. The summed E-state index contributed by atoms with van der Waals surface area (Å²) in [6.07, 6.45) is 0.868. The van der Waals surface area contributed by atoms with E-state index in [0.29, 0.717) is 5.75 Å². The van der Waals surface area contributed by atoms with Crippen molar-refractivity contribution in [2.75, 3.05) is 6.61 Å². The lowest BCUT2D eigenvalue weighted by molar-refractivity contribution is 0.229. The number of hydrogen-bond donors (Lipinski definition) is 3. The maximum atomic E-state index is 9.76. The van der Waals surface area contributed by atoms with Gasteiger partial charge in [0.15, 0.2) is 0 Å². The van der Waals surface area contributed by atoms with Gasteiger partial charge in [0.05, 0.1) is 6.61 Å². The summed E-state index contributed by atoms with van der Waals surface area (Å²) >= 11 is 0. The van der Waals surface area contributed by atoms with E-state index in [4.69, 9.17) is 5.11 Å². The van der Waals surface area contributed by atoms with E-state index in [-0.39, 0.29) is 18.7 Å². The predicted octanol–water partition coefficient (Wildman–Crippen LogP) is 2.12. The van der Waals surface area contributed by atoms with E-state index in [0.717, 1.165) is 17.5 Å². The Bertz CT molecular complexity index is 335. The molecule has 1 aromatic rings. The van der Waals surface area contributed by atoms with Crippen LogP contribution in [-0.4, -0.2) is 22.9 Å². The third-order valence-electron chi connectivity index (χ3n) is 2.85. The number of aromatic hydroxyl groups is 1. The summed E-state index contributed by atoms with van der Waals surface area (Å²) in [4.78, 5) is 0. The summed E-state index contributed by atoms with van der Waals surface area (Å²) in [5.41, 5.74) is 2.00. The number of phenols is 1. The first-order valence-corrected chi connectivity index (χ1v) is 5.74. The van der Waals surface area contributed by atoms with Gasteiger partial charge < -0.3 is 15.5 Å². The highest BCUT2D eigenvalue weighted by molar-refractivity contribution is 5.37. The highest BCUT2D eigenvalue weighted by Crippen LogP contribution is 2.25. The molecule has 1 aromatic carbocycles. The third kappa shape index (κ3) is 3.22. The summed E-state index contributed by atoms with van der Waals surface area (Å²) in [6.45, 7) is 6.13. The Labute approximate surface area is 97.1 Å². The van der Waals surface area contributed by atoms with Crippen molar-refractivity contribution < 1.29 is 10.2 Å². The summed E-state index contributed by atoms with van der Waals surface area (Å²) in [6, 6.07) is 5.68. The van der Waals surface area contributed by atoms with E-state index in [1.54, 1.807) is 6.07 Å². The van der Waals surface area contributed by atoms with Gasteiger partial charge in [-0.2, -0.15) is 0 Å². The highest BCUT2D eigenvalue weighted by atomic mass is 16.3. The molecule has 0 spiro atoms. The van der Waals surface area contributed by atoms with Crippen molar-refractivity contribution >= 4 is 0 Å². The lowest BCUT2D eigenvalue weighted by atomic mass is 10.0. The monoisotopic (exact) mass is 223 g/mol. The molecule has 0 aliphatic heterocycles. The Hall–Kier alpha value is -1.06. The maximum Gasteiger partial charge on any atom is 0.120 e. The van der Waals surface area contributed by atoms with Crippen molar-refractivity contribution in [2.45, 2.75) is 39.3 Å². The van der Waals surface area contributed by atoms with Crippen LogP contribution >= 0.6 is 0 Å². The smallest absolute Gasteiger partial charge is 0.120 e. The Balaban J connectivity index is 2.79. The molecule has 0 aliphatic rings. The minimum Gasteiger partial charge on any atom is -0.508 e. The molecule has 0 aliphatic carbocycles. The largest absolute Gasteiger partial charge is 0.508 e. The molecule has 0 fully saturated rings. The topological polar surface area (TPSA) is 52.5 Å². The van der Waals surface area contributed by atoms with Gasteiger partial charge in [0, 0.05) is 17.6 Å². The van der Waals surface area contributed by atoms with Crippen molar-refractivity contribution in [2.24, 2.45) is 0 Å². The molecule has 0 saturated carbocycles. The number of aryl methyl sites for hydroxylation is 1. The van der Waals surface area contributed by atoms with Crippen LogP contribution in [0.3, 0.4) is 0 Å².